The number of fused-ring (bicyclic) bond motifs is 1. The van der Waals surface area contributed by atoms with E-state index in [0.717, 1.165) is 36.0 Å². The van der Waals surface area contributed by atoms with E-state index in [1.54, 1.807) is 0 Å². The van der Waals surface area contributed by atoms with Crippen LogP contribution in [0.25, 0.3) is 10.9 Å². The second kappa shape index (κ2) is 7.13. The molecule has 150 valence electrons. The van der Waals surface area contributed by atoms with Crippen LogP contribution in [0.5, 0.6) is 0 Å². The molecule has 2 aliphatic rings. The van der Waals surface area contributed by atoms with Crippen LogP contribution < -0.4 is 5.56 Å². The molecule has 1 aliphatic carbocycles. The highest BCUT2D eigenvalue weighted by Gasteiger charge is 2.28. The summed E-state index contributed by atoms with van der Waals surface area (Å²) in [7, 11) is 0. The zero-order chi connectivity index (χ0) is 20.0. The molecule has 7 heteroatoms. The van der Waals surface area contributed by atoms with Gasteiger partial charge in [0.15, 0.2) is 0 Å². The first kappa shape index (κ1) is 18.1. The van der Waals surface area contributed by atoms with Crippen LogP contribution in [-0.2, 0) is 6.54 Å². The average Bonchev–Trinajstić information content (AvgIpc) is 3.47. The van der Waals surface area contributed by atoms with E-state index in [1.165, 1.54) is 18.9 Å². The van der Waals surface area contributed by atoms with E-state index in [-0.39, 0.29) is 11.5 Å². The van der Waals surface area contributed by atoms with Crippen molar-refractivity contribution in [3.8, 4) is 0 Å². The van der Waals surface area contributed by atoms with Crippen molar-refractivity contribution in [1.82, 2.24) is 24.9 Å². The van der Waals surface area contributed by atoms with Gasteiger partial charge in [0.1, 0.15) is 0 Å². The van der Waals surface area contributed by atoms with Crippen molar-refractivity contribution in [3.05, 3.63) is 57.6 Å². The number of amides is 1. The van der Waals surface area contributed by atoms with Gasteiger partial charge in [-0.1, -0.05) is 16.8 Å². The highest BCUT2D eigenvalue weighted by Crippen LogP contribution is 2.38. The number of nitrogens with one attached hydrogen (secondary N) is 1. The Hall–Kier alpha value is -2.96. The molecule has 1 aliphatic heterocycles. The molecule has 1 saturated heterocycles. The first-order chi connectivity index (χ1) is 14.1. The Labute approximate surface area is 168 Å². The van der Waals surface area contributed by atoms with Gasteiger partial charge in [0.2, 0.25) is 5.56 Å². The van der Waals surface area contributed by atoms with Crippen LogP contribution in [0.3, 0.4) is 0 Å². The number of hydrogen-bond donors (Lipinski definition) is 1. The molecular formula is C22H25N5O2. The molecule has 0 bridgehead atoms. The van der Waals surface area contributed by atoms with E-state index in [0.29, 0.717) is 36.0 Å². The zero-order valence-corrected chi connectivity index (χ0v) is 16.6. The minimum Gasteiger partial charge on any atom is -0.339 e. The van der Waals surface area contributed by atoms with E-state index in [1.807, 2.05) is 34.7 Å². The lowest BCUT2D eigenvalue weighted by Crippen LogP contribution is -2.39. The summed E-state index contributed by atoms with van der Waals surface area (Å²) in [6.07, 6.45) is 6.42. The molecule has 0 unspecified atom stereocenters. The Morgan fingerprint density at radius 3 is 2.72 bits per heavy atom. The summed E-state index contributed by atoms with van der Waals surface area (Å²) in [5, 5.41) is 9.37. The van der Waals surface area contributed by atoms with Crippen molar-refractivity contribution in [1.29, 1.82) is 0 Å². The van der Waals surface area contributed by atoms with Crippen LogP contribution in [0.1, 0.15) is 53.2 Å². The van der Waals surface area contributed by atoms with E-state index in [4.69, 9.17) is 0 Å². The molecular weight excluding hydrogens is 366 g/mol. The molecule has 0 spiro atoms. The fourth-order valence-corrected chi connectivity index (χ4v) is 4.27. The fraction of sp³-hybridized carbons (Fsp3) is 0.455. The van der Waals surface area contributed by atoms with Gasteiger partial charge in [-0.2, -0.15) is 0 Å². The van der Waals surface area contributed by atoms with Gasteiger partial charge in [-0.3, -0.25) is 14.3 Å². The number of rotatable bonds is 4. The second-order valence-corrected chi connectivity index (χ2v) is 8.47. The maximum atomic E-state index is 13.2. The Balaban J connectivity index is 1.28. The van der Waals surface area contributed by atoms with E-state index in [9.17, 15) is 9.59 Å². The fourth-order valence-electron chi connectivity index (χ4n) is 4.27. The molecule has 1 amide bonds. The molecule has 2 fully saturated rings. The first-order valence-corrected chi connectivity index (χ1v) is 10.4. The molecule has 2 aromatic heterocycles. The minimum atomic E-state index is -0.239. The zero-order valence-electron chi connectivity index (χ0n) is 16.6. The predicted octanol–water partition coefficient (Wildman–Crippen LogP) is 2.86. The third-order valence-electron chi connectivity index (χ3n) is 6.13. The molecule has 0 radical (unpaired) electrons. The molecule has 7 nitrogen and oxygen atoms in total. The smallest absolute Gasteiger partial charge is 0.254 e. The summed E-state index contributed by atoms with van der Waals surface area (Å²) in [5.41, 5.74) is 3.15. The molecule has 3 aromatic rings. The first-order valence-electron chi connectivity index (χ1n) is 10.4. The van der Waals surface area contributed by atoms with E-state index < -0.39 is 0 Å². The van der Waals surface area contributed by atoms with Crippen molar-refractivity contribution in [2.45, 2.75) is 45.1 Å². The molecule has 1 saturated carbocycles. The highest BCUT2D eigenvalue weighted by molar-refractivity contribution is 6.06. The Morgan fingerprint density at radius 2 is 1.97 bits per heavy atom. The maximum Gasteiger partial charge on any atom is 0.254 e. The van der Waals surface area contributed by atoms with Gasteiger partial charge in [-0.05, 0) is 50.7 Å². The lowest BCUT2D eigenvalue weighted by molar-refractivity contribution is 0.0682. The lowest BCUT2D eigenvalue weighted by atomic mass is 9.96. The van der Waals surface area contributed by atoms with Crippen LogP contribution in [0, 0.1) is 12.8 Å². The van der Waals surface area contributed by atoms with Gasteiger partial charge in [0.25, 0.3) is 5.91 Å². The number of likely N-dealkylation sites (tertiary alicyclic amines) is 1. The largest absolute Gasteiger partial charge is 0.339 e. The standard InChI is InChI=1S/C22H25N5O2/c1-14-2-5-19-17(10-14)18(11-21(28)23-19)22(29)26-8-6-15(7-9-26)12-27-13-20(24-25-27)16-3-4-16/h2,5,10-11,13,15-16H,3-4,6-9,12H2,1H3,(H,23,28). The second-order valence-electron chi connectivity index (χ2n) is 8.47. The molecule has 1 aromatic carbocycles. The topological polar surface area (TPSA) is 83.9 Å². The number of aromatic amines is 1. The molecule has 0 atom stereocenters. The minimum absolute atomic E-state index is 0.0538. The summed E-state index contributed by atoms with van der Waals surface area (Å²) < 4.78 is 1.96. The van der Waals surface area contributed by atoms with Crippen molar-refractivity contribution in [2.75, 3.05) is 13.1 Å². The van der Waals surface area contributed by atoms with Gasteiger partial charge in [-0.25, -0.2) is 0 Å². The Bertz CT molecular complexity index is 1120. The summed E-state index contributed by atoms with van der Waals surface area (Å²) in [6, 6.07) is 7.21. The van der Waals surface area contributed by atoms with E-state index >= 15 is 0 Å². The van der Waals surface area contributed by atoms with Crippen molar-refractivity contribution < 1.29 is 4.79 Å². The van der Waals surface area contributed by atoms with Gasteiger partial charge in [0, 0.05) is 48.7 Å². The molecule has 5 rings (SSSR count). The van der Waals surface area contributed by atoms with E-state index in [2.05, 4.69) is 21.5 Å². The third kappa shape index (κ3) is 3.69. The summed E-state index contributed by atoms with van der Waals surface area (Å²) in [4.78, 5) is 29.9. The summed E-state index contributed by atoms with van der Waals surface area (Å²) in [5.74, 6) is 1.06. The number of benzene rings is 1. The van der Waals surface area contributed by atoms with Crippen LogP contribution in [0.15, 0.2) is 35.3 Å². The van der Waals surface area contributed by atoms with Crippen molar-refractivity contribution in [2.24, 2.45) is 5.92 Å². The van der Waals surface area contributed by atoms with Crippen LogP contribution in [-0.4, -0.2) is 43.9 Å². The van der Waals surface area contributed by atoms with Crippen LogP contribution in [0.4, 0.5) is 0 Å². The highest BCUT2D eigenvalue weighted by atomic mass is 16.2. The predicted molar refractivity (Wildman–Crippen MR) is 110 cm³/mol. The van der Waals surface area contributed by atoms with Crippen molar-refractivity contribution >= 4 is 16.8 Å². The normalized spacial score (nSPS) is 17.8. The lowest BCUT2D eigenvalue weighted by Gasteiger charge is -2.32. The number of aromatic nitrogens is 4. The van der Waals surface area contributed by atoms with Crippen molar-refractivity contribution in [3.63, 3.8) is 0 Å². The maximum absolute atomic E-state index is 13.2. The molecule has 3 heterocycles. The van der Waals surface area contributed by atoms with Gasteiger partial charge < -0.3 is 9.88 Å². The number of piperidine rings is 1. The monoisotopic (exact) mass is 391 g/mol. The number of H-pyrrole nitrogens is 1. The Kier molecular flexibility index (Phi) is 4.45. The number of hydrogen-bond acceptors (Lipinski definition) is 4. The van der Waals surface area contributed by atoms with Gasteiger partial charge in [0.05, 0.1) is 11.3 Å². The molecule has 29 heavy (non-hydrogen) atoms. The third-order valence-corrected chi connectivity index (χ3v) is 6.13. The molecule has 1 N–H and O–H groups in total. The van der Waals surface area contributed by atoms with Gasteiger partial charge in [-0.15, -0.1) is 5.10 Å². The number of carbonyl (C=O) groups excluding carboxylic acids is 1. The SMILES string of the molecule is Cc1ccc2[nH]c(=O)cc(C(=O)N3CCC(Cn4cc(C5CC5)nn4)CC3)c2c1. The number of aryl methyl sites for hydroxylation is 1. The quantitative estimate of drug-likeness (QED) is 0.741. The average molecular weight is 391 g/mol. The number of carbonyl (C=O) groups is 1. The Morgan fingerprint density at radius 1 is 1.17 bits per heavy atom. The van der Waals surface area contributed by atoms with Crippen LogP contribution in [0.2, 0.25) is 0 Å². The van der Waals surface area contributed by atoms with Crippen LogP contribution >= 0.6 is 0 Å². The van der Waals surface area contributed by atoms with Gasteiger partial charge >= 0.3 is 0 Å². The summed E-state index contributed by atoms with van der Waals surface area (Å²) >= 11 is 0. The number of pyridine rings is 1. The number of nitrogens with zero attached hydrogens (tertiary/aromatic N) is 4. The summed E-state index contributed by atoms with van der Waals surface area (Å²) in [6.45, 7) is 4.25.